The summed E-state index contributed by atoms with van der Waals surface area (Å²) < 4.78 is 4.24. The molecule has 0 aliphatic heterocycles. The van der Waals surface area contributed by atoms with Crippen molar-refractivity contribution < 1.29 is 28.7 Å². The molecule has 0 fully saturated rings. The van der Waals surface area contributed by atoms with Crippen molar-refractivity contribution in [3.8, 4) is 0 Å². The van der Waals surface area contributed by atoms with Gasteiger partial charge in [-0.1, -0.05) is 18.7 Å². The summed E-state index contributed by atoms with van der Waals surface area (Å²) in [6, 6.07) is -0.862. The molecule has 1 unspecified atom stereocenters. The monoisotopic (exact) mass is 360 g/mol. The normalized spacial score (nSPS) is 11.3. The van der Waals surface area contributed by atoms with E-state index < -0.39 is 29.3 Å². The van der Waals surface area contributed by atoms with Crippen LogP contribution in [0.1, 0.15) is 33.6 Å². The molecule has 24 heavy (non-hydrogen) atoms. The first-order valence-electron chi connectivity index (χ1n) is 7.65. The van der Waals surface area contributed by atoms with Crippen LogP contribution in [0.4, 0.5) is 0 Å². The van der Waals surface area contributed by atoms with Crippen LogP contribution in [0.5, 0.6) is 0 Å². The molecular weight excluding hydrogens is 336 g/mol. The third-order valence-corrected chi connectivity index (χ3v) is 4.12. The van der Waals surface area contributed by atoms with Crippen LogP contribution in [-0.4, -0.2) is 65.6 Å². The maximum absolute atomic E-state index is 12.4. The average Bonchev–Trinajstić information content (AvgIpc) is 2.58. The number of hydrogen-bond acceptors (Lipinski definition) is 7. The summed E-state index contributed by atoms with van der Waals surface area (Å²) in [6.45, 7) is 6.24. The van der Waals surface area contributed by atoms with E-state index in [1.807, 2.05) is 13.8 Å². The first-order chi connectivity index (χ1) is 11.3. The minimum Gasteiger partial charge on any atom is -0.463 e. The Balaban J connectivity index is 4.79. The lowest BCUT2D eigenvalue weighted by atomic mass is 10.2. The van der Waals surface area contributed by atoms with E-state index in [-0.39, 0.29) is 24.0 Å². The van der Waals surface area contributed by atoms with E-state index in [1.54, 1.807) is 11.8 Å². The zero-order chi connectivity index (χ0) is 18.7. The zero-order valence-corrected chi connectivity index (χ0v) is 15.2. The maximum atomic E-state index is 12.4. The Labute approximate surface area is 145 Å². The number of Topliss-reactive ketones (excluding diaryl/α,β-unsaturated/α-hetero) is 1. The number of methoxy groups -OCH3 is 1. The molecule has 0 rings (SSSR count). The molecule has 1 N–H and O–H groups in total. The summed E-state index contributed by atoms with van der Waals surface area (Å²) >= 11 is 0.730. The Morgan fingerprint density at radius 3 is 2.12 bits per heavy atom. The number of carbonyl (C=O) groups is 5. The van der Waals surface area contributed by atoms with E-state index in [2.05, 4.69) is 10.1 Å². The summed E-state index contributed by atoms with van der Waals surface area (Å²) in [4.78, 5) is 59.6. The number of carbonyl (C=O) groups excluding carboxylic acids is 5. The van der Waals surface area contributed by atoms with Crippen molar-refractivity contribution in [1.82, 2.24) is 10.2 Å². The molecule has 0 aromatic heterocycles. The van der Waals surface area contributed by atoms with Gasteiger partial charge in [-0.15, -0.1) is 0 Å². The van der Waals surface area contributed by atoms with Gasteiger partial charge in [0.2, 0.25) is 17.6 Å². The number of hydrogen-bond donors (Lipinski definition) is 1. The number of ether oxygens (including phenoxy) is 1. The number of nitrogens with one attached hydrogen (secondary N) is 1. The van der Waals surface area contributed by atoms with Crippen LogP contribution in [-0.2, 0) is 28.7 Å². The van der Waals surface area contributed by atoms with Gasteiger partial charge in [-0.2, -0.15) is 0 Å². The highest BCUT2D eigenvalue weighted by Crippen LogP contribution is 2.11. The van der Waals surface area contributed by atoms with Crippen molar-refractivity contribution in [2.24, 2.45) is 0 Å². The molecule has 0 radical (unpaired) electrons. The lowest BCUT2D eigenvalue weighted by Crippen LogP contribution is -2.50. The lowest BCUT2D eigenvalue weighted by Gasteiger charge is -2.25. The molecule has 1 atom stereocenters. The van der Waals surface area contributed by atoms with Crippen LogP contribution < -0.4 is 5.32 Å². The van der Waals surface area contributed by atoms with Crippen LogP contribution in [0.15, 0.2) is 0 Å². The molecule has 0 heterocycles. The van der Waals surface area contributed by atoms with Gasteiger partial charge in [0.1, 0.15) is 6.04 Å². The summed E-state index contributed by atoms with van der Waals surface area (Å²) in [7, 11) is 1.05. The number of thioether (sulfide) groups is 1. The van der Waals surface area contributed by atoms with Crippen molar-refractivity contribution in [2.45, 2.75) is 39.7 Å². The van der Waals surface area contributed by atoms with Gasteiger partial charge in [0, 0.05) is 25.3 Å². The second-order valence-electron chi connectivity index (χ2n) is 4.76. The first-order valence-corrected chi connectivity index (χ1v) is 8.64. The highest BCUT2D eigenvalue weighted by Gasteiger charge is 2.26. The Hall–Kier alpha value is -1.90. The fourth-order valence-corrected chi connectivity index (χ4v) is 2.58. The minimum absolute atomic E-state index is 0.00560. The molecule has 0 aromatic carbocycles. The molecule has 136 valence electrons. The standard InChI is InChI=1S/C15H24N2O6S/c1-5-12(19)16-10(14(21)17(6-2)7-3)9-24-13(20)8-11(18)15(22)23-4/h10H,5-9H2,1-4H3,(H,16,19). The van der Waals surface area contributed by atoms with Gasteiger partial charge in [-0.3, -0.25) is 19.2 Å². The molecule has 2 amide bonds. The van der Waals surface area contributed by atoms with Crippen molar-refractivity contribution in [3.05, 3.63) is 0 Å². The quantitative estimate of drug-likeness (QED) is 0.335. The maximum Gasteiger partial charge on any atom is 0.374 e. The van der Waals surface area contributed by atoms with Crippen LogP contribution in [0.3, 0.4) is 0 Å². The topological polar surface area (TPSA) is 110 Å². The van der Waals surface area contributed by atoms with Gasteiger partial charge in [-0.25, -0.2) is 4.79 Å². The number of likely N-dealkylation sites (N-methyl/N-ethyl adjacent to an activating group) is 1. The molecule has 9 heteroatoms. The van der Waals surface area contributed by atoms with Gasteiger partial charge in [0.25, 0.3) is 0 Å². The molecule has 0 aliphatic carbocycles. The zero-order valence-electron chi connectivity index (χ0n) is 14.4. The largest absolute Gasteiger partial charge is 0.463 e. The third kappa shape index (κ3) is 7.58. The van der Waals surface area contributed by atoms with E-state index in [0.29, 0.717) is 13.1 Å². The predicted octanol–water partition coefficient (Wildman–Crippen LogP) is 0.142. The number of nitrogens with zero attached hydrogens (tertiary/aromatic N) is 1. The summed E-state index contributed by atoms with van der Waals surface area (Å²) in [5, 5.41) is 2.02. The Kier molecular flexibility index (Phi) is 10.7. The van der Waals surface area contributed by atoms with Gasteiger partial charge in [0.15, 0.2) is 5.12 Å². The molecule has 0 saturated heterocycles. The van der Waals surface area contributed by atoms with Crippen molar-refractivity contribution in [2.75, 3.05) is 26.0 Å². The van der Waals surface area contributed by atoms with Gasteiger partial charge in [-0.05, 0) is 13.8 Å². The van der Waals surface area contributed by atoms with Crippen molar-refractivity contribution in [1.29, 1.82) is 0 Å². The molecule has 0 saturated carbocycles. The van der Waals surface area contributed by atoms with Gasteiger partial charge >= 0.3 is 5.97 Å². The predicted molar refractivity (Wildman–Crippen MR) is 89.3 cm³/mol. The van der Waals surface area contributed by atoms with E-state index >= 15 is 0 Å². The van der Waals surface area contributed by atoms with Gasteiger partial charge in [0.05, 0.1) is 13.5 Å². The van der Waals surface area contributed by atoms with E-state index in [9.17, 15) is 24.0 Å². The molecule has 8 nitrogen and oxygen atoms in total. The summed E-state index contributed by atoms with van der Waals surface area (Å²) in [6.07, 6.45) is -0.396. The highest BCUT2D eigenvalue weighted by atomic mass is 32.2. The number of rotatable bonds is 10. The smallest absolute Gasteiger partial charge is 0.374 e. The second kappa shape index (κ2) is 11.6. The Morgan fingerprint density at radius 1 is 1.08 bits per heavy atom. The van der Waals surface area contributed by atoms with E-state index in [4.69, 9.17) is 0 Å². The Morgan fingerprint density at radius 2 is 1.67 bits per heavy atom. The molecule has 0 bridgehead atoms. The van der Waals surface area contributed by atoms with Crippen molar-refractivity contribution >= 4 is 40.4 Å². The second-order valence-corrected chi connectivity index (χ2v) is 5.84. The Bertz CT molecular complexity index is 490. The summed E-state index contributed by atoms with van der Waals surface area (Å²) in [5.41, 5.74) is 0. The number of ketones is 1. The number of esters is 1. The van der Waals surface area contributed by atoms with E-state index in [0.717, 1.165) is 18.9 Å². The third-order valence-electron chi connectivity index (χ3n) is 3.16. The molecule has 0 aromatic rings. The molecule has 0 aliphatic rings. The fraction of sp³-hybridized carbons (Fsp3) is 0.667. The summed E-state index contributed by atoms with van der Waals surface area (Å²) in [5.74, 6) is -2.63. The molecular formula is C15H24N2O6S. The minimum atomic E-state index is -1.08. The van der Waals surface area contributed by atoms with Crippen LogP contribution >= 0.6 is 11.8 Å². The van der Waals surface area contributed by atoms with Crippen LogP contribution in [0.25, 0.3) is 0 Å². The number of amides is 2. The van der Waals surface area contributed by atoms with Crippen molar-refractivity contribution in [3.63, 3.8) is 0 Å². The highest BCUT2D eigenvalue weighted by molar-refractivity contribution is 8.13. The van der Waals surface area contributed by atoms with Gasteiger partial charge < -0.3 is 15.0 Å². The van der Waals surface area contributed by atoms with E-state index in [1.165, 1.54) is 0 Å². The van der Waals surface area contributed by atoms with Crippen LogP contribution in [0, 0.1) is 0 Å². The molecule has 0 spiro atoms. The average molecular weight is 360 g/mol. The SMILES string of the molecule is CCC(=O)NC(CSC(=O)CC(=O)C(=O)OC)C(=O)N(CC)CC. The fourth-order valence-electron chi connectivity index (χ4n) is 1.77. The first kappa shape index (κ1) is 22.1. The van der Waals surface area contributed by atoms with Crippen LogP contribution in [0.2, 0.25) is 0 Å². The lowest BCUT2D eigenvalue weighted by molar-refractivity contribution is -0.152.